The highest BCUT2D eigenvalue weighted by molar-refractivity contribution is 7.09. The van der Waals surface area contributed by atoms with Gasteiger partial charge in [0.05, 0.1) is 22.0 Å². The van der Waals surface area contributed by atoms with Crippen LogP contribution in [0.5, 0.6) is 0 Å². The smallest absolute Gasteiger partial charge is 0.253 e. The molecule has 120 valence electrons. The van der Waals surface area contributed by atoms with Gasteiger partial charge in [-0.15, -0.1) is 11.3 Å². The summed E-state index contributed by atoms with van der Waals surface area (Å²) in [5.74, 6) is -0.518. The van der Waals surface area contributed by atoms with Gasteiger partial charge >= 0.3 is 0 Å². The van der Waals surface area contributed by atoms with Crippen molar-refractivity contribution >= 4 is 34.9 Å². The summed E-state index contributed by atoms with van der Waals surface area (Å²) in [4.78, 5) is 28.4. The summed E-state index contributed by atoms with van der Waals surface area (Å²) < 4.78 is 0. The third kappa shape index (κ3) is 5.03. The zero-order valence-electron chi connectivity index (χ0n) is 13.3. The van der Waals surface area contributed by atoms with Crippen LogP contribution >= 0.6 is 11.3 Å². The molecule has 2 aromatic rings. The topological polar surface area (TPSA) is 71.1 Å². The Bertz CT molecular complexity index is 735. The van der Waals surface area contributed by atoms with Crippen LogP contribution in [0.15, 0.2) is 35.7 Å². The first kappa shape index (κ1) is 16.9. The van der Waals surface area contributed by atoms with Crippen molar-refractivity contribution in [2.45, 2.75) is 26.8 Å². The Morgan fingerprint density at radius 3 is 2.65 bits per heavy atom. The average molecular weight is 329 g/mol. The van der Waals surface area contributed by atoms with Gasteiger partial charge in [-0.1, -0.05) is 12.1 Å². The molecular weight excluding hydrogens is 310 g/mol. The molecule has 23 heavy (non-hydrogen) atoms. The molecule has 2 N–H and O–H groups in total. The van der Waals surface area contributed by atoms with Gasteiger partial charge < -0.3 is 10.6 Å². The van der Waals surface area contributed by atoms with Crippen LogP contribution < -0.4 is 10.6 Å². The number of nitrogens with one attached hydrogen (secondary N) is 2. The predicted molar refractivity (Wildman–Crippen MR) is 93.6 cm³/mol. The van der Waals surface area contributed by atoms with Gasteiger partial charge in [0.25, 0.3) is 5.91 Å². The Morgan fingerprint density at radius 2 is 2.00 bits per heavy atom. The number of rotatable bonds is 5. The van der Waals surface area contributed by atoms with Crippen LogP contribution in [-0.4, -0.2) is 22.8 Å². The first-order valence-electron chi connectivity index (χ1n) is 7.27. The largest absolute Gasteiger partial charge is 0.350 e. The highest BCUT2D eigenvalue weighted by atomic mass is 32.1. The first-order chi connectivity index (χ1) is 11.0. The number of para-hydroxylation sites is 1. The van der Waals surface area contributed by atoms with Gasteiger partial charge in [0, 0.05) is 17.5 Å². The number of carbonyl (C=O) groups is 2. The highest BCUT2D eigenvalue weighted by Crippen LogP contribution is 2.15. The van der Waals surface area contributed by atoms with Crippen molar-refractivity contribution in [1.29, 1.82) is 0 Å². The molecule has 5 nitrogen and oxygen atoms in total. The molecule has 6 heteroatoms. The SMILES string of the molecule is Cc1nc(/C=C\C(=O)Nc2ccccc2C(=O)NC(C)C)cs1. The van der Waals surface area contributed by atoms with E-state index >= 15 is 0 Å². The van der Waals surface area contributed by atoms with Crippen molar-refractivity contribution in [2.24, 2.45) is 0 Å². The molecule has 1 aromatic carbocycles. The zero-order chi connectivity index (χ0) is 16.8. The summed E-state index contributed by atoms with van der Waals surface area (Å²) in [5, 5.41) is 8.37. The lowest BCUT2D eigenvalue weighted by molar-refractivity contribution is -0.111. The lowest BCUT2D eigenvalue weighted by Crippen LogP contribution is -2.30. The van der Waals surface area contributed by atoms with Crippen LogP contribution in [0.25, 0.3) is 6.08 Å². The minimum Gasteiger partial charge on any atom is -0.350 e. The van der Waals surface area contributed by atoms with Crippen molar-refractivity contribution in [3.05, 3.63) is 52.0 Å². The minimum atomic E-state index is -0.305. The summed E-state index contributed by atoms with van der Waals surface area (Å²) in [5.41, 5.74) is 1.66. The summed E-state index contributed by atoms with van der Waals surface area (Å²) in [6.45, 7) is 5.68. The number of hydrogen-bond acceptors (Lipinski definition) is 4. The van der Waals surface area contributed by atoms with Crippen LogP contribution in [0.2, 0.25) is 0 Å². The molecule has 0 atom stereocenters. The lowest BCUT2D eigenvalue weighted by atomic mass is 10.1. The maximum Gasteiger partial charge on any atom is 0.253 e. The normalized spacial score (nSPS) is 11.0. The molecule has 0 radical (unpaired) electrons. The molecule has 0 spiro atoms. The van der Waals surface area contributed by atoms with Gasteiger partial charge in [-0.3, -0.25) is 9.59 Å². The third-order valence-corrected chi connectivity index (χ3v) is 3.68. The third-order valence-electron chi connectivity index (χ3n) is 2.89. The van der Waals surface area contributed by atoms with Crippen LogP contribution in [0, 0.1) is 6.92 Å². The number of benzene rings is 1. The molecule has 2 rings (SSSR count). The maximum absolute atomic E-state index is 12.2. The number of nitrogens with zero attached hydrogens (tertiary/aromatic N) is 1. The van der Waals surface area contributed by atoms with E-state index in [1.807, 2.05) is 26.2 Å². The number of amides is 2. The van der Waals surface area contributed by atoms with E-state index in [2.05, 4.69) is 15.6 Å². The van der Waals surface area contributed by atoms with Gasteiger partial charge in [-0.2, -0.15) is 0 Å². The van der Waals surface area contributed by atoms with E-state index < -0.39 is 0 Å². The van der Waals surface area contributed by atoms with Crippen molar-refractivity contribution in [3.63, 3.8) is 0 Å². The Morgan fingerprint density at radius 1 is 1.26 bits per heavy atom. The Kier molecular flexibility index (Phi) is 5.65. The molecule has 0 unspecified atom stereocenters. The van der Waals surface area contributed by atoms with Gasteiger partial charge in [0.15, 0.2) is 0 Å². The fraction of sp³-hybridized carbons (Fsp3) is 0.235. The number of aryl methyl sites for hydroxylation is 1. The number of thiazole rings is 1. The van der Waals surface area contributed by atoms with Crippen molar-refractivity contribution < 1.29 is 9.59 Å². The molecular formula is C17H19N3O2S. The number of carbonyl (C=O) groups excluding carboxylic acids is 2. The minimum absolute atomic E-state index is 0.0269. The summed E-state index contributed by atoms with van der Waals surface area (Å²) in [7, 11) is 0. The standard InChI is InChI=1S/C17H19N3O2S/c1-11(2)18-17(22)14-6-4-5-7-15(14)20-16(21)9-8-13-10-23-12(3)19-13/h4-11H,1-3H3,(H,18,22)(H,20,21)/b9-8-. The molecule has 0 saturated heterocycles. The van der Waals surface area contributed by atoms with Crippen molar-refractivity contribution in [1.82, 2.24) is 10.3 Å². The van der Waals surface area contributed by atoms with E-state index in [4.69, 9.17) is 0 Å². The Hall–Kier alpha value is -2.47. The van der Waals surface area contributed by atoms with E-state index in [1.165, 1.54) is 17.4 Å². The molecule has 0 bridgehead atoms. The van der Waals surface area contributed by atoms with E-state index in [-0.39, 0.29) is 17.9 Å². The Balaban J connectivity index is 2.09. The second kappa shape index (κ2) is 7.69. The second-order valence-corrected chi connectivity index (χ2v) is 6.35. The van der Waals surface area contributed by atoms with Crippen LogP contribution in [-0.2, 0) is 4.79 Å². The number of aromatic nitrogens is 1. The molecule has 1 aromatic heterocycles. The molecule has 0 saturated carbocycles. The van der Waals surface area contributed by atoms with Crippen molar-refractivity contribution in [2.75, 3.05) is 5.32 Å². The maximum atomic E-state index is 12.2. The molecule has 1 heterocycles. The Labute approximate surface area is 139 Å². The van der Waals surface area contributed by atoms with Crippen LogP contribution in [0.3, 0.4) is 0 Å². The van der Waals surface area contributed by atoms with E-state index in [0.29, 0.717) is 11.3 Å². The summed E-state index contributed by atoms with van der Waals surface area (Å²) in [6, 6.07) is 6.95. The van der Waals surface area contributed by atoms with Gasteiger partial charge in [0.2, 0.25) is 5.91 Å². The summed E-state index contributed by atoms with van der Waals surface area (Å²) >= 11 is 1.53. The zero-order valence-corrected chi connectivity index (χ0v) is 14.1. The molecule has 0 aliphatic heterocycles. The summed E-state index contributed by atoms with van der Waals surface area (Å²) in [6.07, 6.45) is 3.06. The monoisotopic (exact) mass is 329 g/mol. The van der Waals surface area contributed by atoms with Gasteiger partial charge in [-0.05, 0) is 39.0 Å². The highest BCUT2D eigenvalue weighted by Gasteiger charge is 2.12. The first-order valence-corrected chi connectivity index (χ1v) is 8.15. The average Bonchev–Trinajstić information content (AvgIpc) is 2.90. The van der Waals surface area contributed by atoms with Crippen LogP contribution in [0.4, 0.5) is 5.69 Å². The predicted octanol–water partition coefficient (Wildman–Crippen LogP) is 3.24. The second-order valence-electron chi connectivity index (χ2n) is 5.29. The van der Waals surface area contributed by atoms with E-state index in [9.17, 15) is 9.59 Å². The number of hydrogen-bond donors (Lipinski definition) is 2. The molecule has 0 fully saturated rings. The quantitative estimate of drug-likeness (QED) is 0.827. The van der Waals surface area contributed by atoms with E-state index in [0.717, 1.165) is 10.7 Å². The fourth-order valence-corrected chi connectivity index (χ4v) is 2.50. The molecule has 0 aliphatic rings. The van der Waals surface area contributed by atoms with Crippen LogP contribution in [0.1, 0.15) is 34.9 Å². The van der Waals surface area contributed by atoms with Gasteiger partial charge in [0.1, 0.15) is 0 Å². The lowest BCUT2D eigenvalue weighted by Gasteiger charge is -2.12. The van der Waals surface area contributed by atoms with Gasteiger partial charge in [-0.25, -0.2) is 4.98 Å². The fourth-order valence-electron chi connectivity index (χ4n) is 1.92. The van der Waals surface area contributed by atoms with E-state index in [1.54, 1.807) is 30.3 Å². The number of anilines is 1. The molecule has 2 amide bonds. The van der Waals surface area contributed by atoms with Crippen molar-refractivity contribution in [3.8, 4) is 0 Å². The molecule has 0 aliphatic carbocycles.